The van der Waals surface area contributed by atoms with E-state index in [1.165, 1.54) is 5.69 Å². The lowest BCUT2D eigenvalue weighted by Crippen LogP contribution is -2.70. The van der Waals surface area contributed by atoms with Crippen LogP contribution in [0.2, 0.25) is 0 Å². The molecule has 0 aliphatic carbocycles. The molecule has 0 amide bonds. The highest BCUT2D eigenvalue weighted by Gasteiger charge is 2.42. The molecule has 82 valence electrons. The maximum Gasteiger partial charge on any atom is 0.0592 e. The number of hydrogen-bond acceptors (Lipinski definition) is 3. The first-order valence-corrected chi connectivity index (χ1v) is 5.95. The third-order valence-electron chi connectivity index (χ3n) is 3.21. The molecule has 4 heteroatoms. The molecule has 0 radical (unpaired) electrons. The van der Waals surface area contributed by atoms with E-state index in [-0.39, 0.29) is 5.54 Å². The predicted molar refractivity (Wildman–Crippen MR) is 65.9 cm³/mol. The number of nitrogens with two attached hydrogens (primary N) is 1. The number of rotatable bonds is 2. The molecule has 1 aliphatic heterocycles. The largest absolute Gasteiger partial charge is 0.367 e. The Bertz CT molecular complexity index is 359. The zero-order valence-corrected chi connectivity index (χ0v) is 10.7. The van der Waals surface area contributed by atoms with Crippen LogP contribution in [-0.2, 0) is 0 Å². The number of halogens is 1. The molecule has 0 spiro atoms. The van der Waals surface area contributed by atoms with Gasteiger partial charge in [-0.3, -0.25) is 4.98 Å². The highest BCUT2D eigenvalue weighted by Crippen LogP contribution is 2.34. The molecule has 15 heavy (non-hydrogen) atoms. The van der Waals surface area contributed by atoms with Gasteiger partial charge >= 0.3 is 0 Å². The molecule has 0 atom stereocenters. The van der Waals surface area contributed by atoms with Gasteiger partial charge in [0.2, 0.25) is 0 Å². The van der Waals surface area contributed by atoms with Crippen molar-refractivity contribution in [1.29, 1.82) is 0 Å². The van der Waals surface area contributed by atoms with E-state index in [0.717, 1.165) is 17.6 Å². The maximum absolute atomic E-state index is 6.25. The number of aromatic nitrogens is 1. The van der Waals surface area contributed by atoms with Crippen LogP contribution >= 0.6 is 15.9 Å². The Morgan fingerprint density at radius 1 is 1.53 bits per heavy atom. The van der Waals surface area contributed by atoms with Crippen LogP contribution in [0.4, 0.5) is 5.69 Å². The molecule has 1 aliphatic rings. The summed E-state index contributed by atoms with van der Waals surface area (Å²) in [4.78, 5) is 6.34. The topological polar surface area (TPSA) is 42.1 Å². The van der Waals surface area contributed by atoms with Crippen LogP contribution in [0, 0.1) is 5.92 Å². The monoisotopic (exact) mass is 269 g/mol. The number of hydrogen-bond donors (Lipinski definition) is 1. The summed E-state index contributed by atoms with van der Waals surface area (Å²) in [5, 5.41) is 0. The second kappa shape index (κ2) is 3.76. The quantitative estimate of drug-likeness (QED) is 0.894. The first-order valence-electron chi connectivity index (χ1n) is 5.16. The zero-order valence-electron chi connectivity index (χ0n) is 9.07. The van der Waals surface area contributed by atoms with Crippen LogP contribution in [-0.4, -0.2) is 23.6 Å². The molecule has 0 unspecified atom stereocenters. The van der Waals surface area contributed by atoms with Crippen LogP contribution in [0.15, 0.2) is 22.9 Å². The van der Waals surface area contributed by atoms with Crippen molar-refractivity contribution in [1.82, 2.24) is 4.98 Å². The number of pyridine rings is 1. The molecule has 0 saturated carbocycles. The molecule has 2 heterocycles. The fourth-order valence-electron chi connectivity index (χ4n) is 1.82. The molecule has 0 bridgehead atoms. The van der Waals surface area contributed by atoms with Crippen molar-refractivity contribution in [2.24, 2.45) is 11.7 Å². The van der Waals surface area contributed by atoms with Gasteiger partial charge in [-0.25, -0.2) is 0 Å². The molecule has 0 aromatic carbocycles. The van der Waals surface area contributed by atoms with Gasteiger partial charge in [0.25, 0.3) is 0 Å². The van der Waals surface area contributed by atoms with Gasteiger partial charge in [-0.2, -0.15) is 0 Å². The van der Waals surface area contributed by atoms with Crippen molar-refractivity contribution in [2.45, 2.75) is 19.4 Å². The Labute approximate surface area is 98.8 Å². The Morgan fingerprint density at radius 2 is 2.20 bits per heavy atom. The van der Waals surface area contributed by atoms with E-state index in [4.69, 9.17) is 5.73 Å². The summed E-state index contributed by atoms with van der Waals surface area (Å²) in [5.74, 6) is 0.523. The third-order valence-corrected chi connectivity index (χ3v) is 3.82. The molecular weight excluding hydrogens is 254 g/mol. The summed E-state index contributed by atoms with van der Waals surface area (Å²) in [6.07, 6.45) is 3.63. The van der Waals surface area contributed by atoms with E-state index in [1.807, 2.05) is 18.5 Å². The Kier molecular flexibility index (Phi) is 2.73. The van der Waals surface area contributed by atoms with Gasteiger partial charge in [0, 0.05) is 25.5 Å². The minimum absolute atomic E-state index is 0.0251. The molecule has 2 N–H and O–H groups in total. The average Bonchev–Trinajstić information content (AvgIpc) is 2.14. The van der Waals surface area contributed by atoms with Gasteiger partial charge < -0.3 is 10.6 Å². The van der Waals surface area contributed by atoms with Crippen molar-refractivity contribution >= 4 is 21.6 Å². The molecule has 1 aromatic heterocycles. The Morgan fingerprint density at radius 3 is 2.73 bits per heavy atom. The summed E-state index contributed by atoms with van der Waals surface area (Å²) in [5.41, 5.74) is 7.41. The van der Waals surface area contributed by atoms with Crippen LogP contribution in [0.1, 0.15) is 13.8 Å². The van der Waals surface area contributed by atoms with E-state index in [0.29, 0.717) is 5.92 Å². The fourth-order valence-corrected chi connectivity index (χ4v) is 2.33. The van der Waals surface area contributed by atoms with Gasteiger partial charge in [0.05, 0.1) is 15.7 Å². The van der Waals surface area contributed by atoms with Gasteiger partial charge in [0.1, 0.15) is 0 Å². The smallest absolute Gasteiger partial charge is 0.0592 e. The minimum Gasteiger partial charge on any atom is -0.367 e. The molecule has 3 nitrogen and oxygen atoms in total. The second-order valence-electron chi connectivity index (χ2n) is 4.57. The Balaban J connectivity index is 2.10. The highest BCUT2D eigenvalue weighted by atomic mass is 79.9. The van der Waals surface area contributed by atoms with Crippen molar-refractivity contribution in [3.63, 3.8) is 0 Å². The fraction of sp³-hybridized carbons (Fsp3) is 0.545. The maximum atomic E-state index is 6.25. The molecule has 1 aromatic rings. The summed E-state index contributed by atoms with van der Waals surface area (Å²) < 4.78 is 1.04. The van der Waals surface area contributed by atoms with Crippen molar-refractivity contribution in [3.8, 4) is 0 Å². The number of anilines is 1. The average molecular weight is 270 g/mol. The lowest BCUT2D eigenvalue weighted by molar-refractivity contribution is 0.245. The van der Waals surface area contributed by atoms with E-state index in [9.17, 15) is 0 Å². The summed E-state index contributed by atoms with van der Waals surface area (Å²) in [7, 11) is 0. The molecule has 1 fully saturated rings. The zero-order chi connectivity index (χ0) is 11.1. The van der Waals surface area contributed by atoms with Crippen LogP contribution < -0.4 is 10.6 Å². The van der Waals surface area contributed by atoms with E-state index >= 15 is 0 Å². The third kappa shape index (κ3) is 1.88. The van der Waals surface area contributed by atoms with Crippen LogP contribution in [0.3, 0.4) is 0 Å². The summed E-state index contributed by atoms with van der Waals surface area (Å²) >= 11 is 3.50. The van der Waals surface area contributed by atoms with E-state index in [1.54, 1.807) is 0 Å². The van der Waals surface area contributed by atoms with Crippen molar-refractivity contribution in [3.05, 3.63) is 22.9 Å². The first-order chi connectivity index (χ1) is 7.03. The molecular formula is C11H16BrN3. The summed E-state index contributed by atoms with van der Waals surface area (Å²) in [6, 6.07) is 2.02. The molecule has 2 rings (SSSR count). The highest BCUT2D eigenvalue weighted by molar-refractivity contribution is 9.10. The minimum atomic E-state index is -0.0251. The van der Waals surface area contributed by atoms with Crippen LogP contribution in [0.25, 0.3) is 0 Å². The van der Waals surface area contributed by atoms with E-state index in [2.05, 4.69) is 39.7 Å². The first kappa shape index (κ1) is 10.9. The summed E-state index contributed by atoms with van der Waals surface area (Å²) in [6.45, 7) is 6.21. The van der Waals surface area contributed by atoms with Crippen molar-refractivity contribution in [2.75, 3.05) is 18.0 Å². The van der Waals surface area contributed by atoms with Gasteiger partial charge in [-0.1, -0.05) is 13.8 Å². The lowest BCUT2D eigenvalue weighted by Gasteiger charge is -2.51. The lowest BCUT2D eigenvalue weighted by atomic mass is 9.80. The standard InChI is InChI=1S/C11H16BrN3/c1-8(2)11(13)6-15(7-11)10-3-4-14-5-9(10)12/h3-5,8H,6-7,13H2,1-2H3. The van der Waals surface area contributed by atoms with Gasteiger partial charge in [0.15, 0.2) is 0 Å². The Hall–Kier alpha value is -0.610. The van der Waals surface area contributed by atoms with Gasteiger partial charge in [-0.15, -0.1) is 0 Å². The van der Waals surface area contributed by atoms with Gasteiger partial charge in [-0.05, 0) is 27.9 Å². The molecule has 1 saturated heterocycles. The predicted octanol–water partition coefficient (Wildman–Crippen LogP) is 2.02. The number of nitrogens with zero attached hydrogens (tertiary/aromatic N) is 2. The second-order valence-corrected chi connectivity index (χ2v) is 5.43. The van der Waals surface area contributed by atoms with Crippen LogP contribution in [0.5, 0.6) is 0 Å². The van der Waals surface area contributed by atoms with E-state index < -0.39 is 0 Å². The normalized spacial score (nSPS) is 19.1. The SMILES string of the molecule is CC(C)C1(N)CN(c2ccncc2Br)C1. The van der Waals surface area contributed by atoms with Crippen molar-refractivity contribution < 1.29 is 0 Å².